The number of nitrogens with zero attached hydrogens (tertiary/aromatic N) is 1. The predicted molar refractivity (Wildman–Crippen MR) is 90.4 cm³/mol. The van der Waals surface area contributed by atoms with Crippen LogP contribution in [0.2, 0.25) is 0 Å². The SMILES string of the molecule is CCCOC(=O)C1C2CC[C@H](C[C@@H]1OC(=O)C1CCCCC1)N2C. The molecule has 0 radical (unpaired) electrons. The maximum absolute atomic E-state index is 12.6. The second-order valence-corrected chi connectivity index (χ2v) is 7.70. The zero-order valence-corrected chi connectivity index (χ0v) is 15.0. The van der Waals surface area contributed by atoms with Crippen molar-refractivity contribution in [3.05, 3.63) is 0 Å². The van der Waals surface area contributed by atoms with Crippen LogP contribution in [0.25, 0.3) is 0 Å². The van der Waals surface area contributed by atoms with Crippen molar-refractivity contribution in [2.24, 2.45) is 11.8 Å². The van der Waals surface area contributed by atoms with Crippen molar-refractivity contribution >= 4 is 11.9 Å². The van der Waals surface area contributed by atoms with Crippen molar-refractivity contribution in [2.45, 2.75) is 82.9 Å². The first-order valence-electron chi connectivity index (χ1n) is 9.71. The molecule has 3 fully saturated rings. The Morgan fingerprint density at radius 3 is 2.50 bits per heavy atom. The monoisotopic (exact) mass is 337 g/mol. The van der Waals surface area contributed by atoms with E-state index in [2.05, 4.69) is 11.9 Å². The lowest BCUT2D eigenvalue weighted by Gasteiger charge is -2.41. The molecule has 1 aliphatic carbocycles. The van der Waals surface area contributed by atoms with Gasteiger partial charge in [0.25, 0.3) is 0 Å². The smallest absolute Gasteiger partial charge is 0.314 e. The summed E-state index contributed by atoms with van der Waals surface area (Å²) in [6, 6.07) is 0.576. The van der Waals surface area contributed by atoms with Crippen LogP contribution in [0.15, 0.2) is 0 Å². The van der Waals surface area contributed by atoms with Crippen LogP contribution in [0, 0.1) is 11.8 Å². The molecule has 0 aromatic heterocycles. The molecule has 2 saturated heterocycles. The molecule has 2 bridgehead atoms. The Balaban J connectivity index is 1.68. The van der Waals surface area contributed by atoms with E-state index in [-0.39, 0.29) is 35.9 Å². The molecule has 3 rings (SSSR count). The first kappa shape index (κ1) is 17.7. The van der Waals surface area contributed by atoms with Crippen LogP contribution >= 0.6 is 0 Å². The molecule has 0 aromatic rings. The number of ether oxygens (including phenoxy) is 2. The van der Waals surface area contributed by atoms with E-state index < -0.39 is 0 Å². The maximum atomic E-state index is 12.6. The number of hydrogen-bond acceptors (Lipinski definition) is 5. The highest BCUT2D eigenvalue weighted by molar-refractivity contribution is 5.76. The van der Waals surface area contributed by atoms with E-state index in [1.807, 2.05) is 6.92 Å². The van der Waals surface area contributed by atoms with Crippen molar-refractivity contribution in [1.82, 2.24) is 4.90 Å². The van der Waals surface area contributed by atoms with Gasteiger partial charge in [0.1, 0.15) is 12.0 Å². The highest BCUT2D eigenvalue weighted by Gasteiger charge is 2.51. The largest absolute Gasteiger partial charge is 0.465 e. The summed E-state index contributed by atoms with van der Waals surface area (Å²) >= 11 is 0. The van der Waals surface area contributed by atoms with Gasteiger partial charge >= 0.3 is 11.9 Å². The van der Waals surface area contributed by atoms with Crippen LogP contribution in [0.4, 0.5) is 0 Å². The van der Waals surface area contributed by atoms with Gasteiger partial charge in [-0.15, -0.1) is 0 Å². The van der Waals surface area contributed by atoms with Crippen molar-refractivity contribution in [1.29, 1.82) is 0 Å². The summed E-state index contributed by atoms with van der Waals surface area (Å²) in [5, 5.41) is 0. The number of rotatable bonds is 5. The van der Waals surface area contributed by atoms with Crippen LogP contribution in [-0.2, 0) is 19.1 Å². The summed E-state index contributed by atoms with van der Waals surface area (Å²) in [6.45, 7) is 2.44. The van der Waals surface area contributed by atoms with Gasteiger partial charge in [0.15, 0.2) is 0 Å². The van der Waals surface area contributed by atoms with Gasteiger partial charge in [-0.3, -0.25) is 14.5 Å². The average molecular weight is 337 g/mol. The second kappa shape index (κ2) is 7.85. The molecule has 3 aliphatic rings. The molecule has 0 spiro atoms. The zero-order valence-electron chi connectivity index (χ0n) is 15.0. The Morgan fingerprint density at radius 2 is 1.79 bits per heavy atom. The minimum atomic E-state index is -0.326. The quantitative estimate of drug-likeness (QED) is 0.722. The third-order valence-corrected chi connectivity index (χ3v) is 6.14. The highest BCUT2D eigenvalue weighted by atomic mass is 16.6. The van der Waals surface area contributed by atoms with Crippen LogP contribution in [0.3, 0.4) is 0 Å². The van der Waals surface area contributed by atoms with E-state index in [0.717, 1.165) is 51.4 Å². The lowest BCUT2D eigenvalue weighted by Crippen LogP contribution is -2.54. The summed E-state index contributed by atoms with van der Waals surface area (Å²) in [4.78, 5) is 27.5. The maximum Gasteiger partial charge on any atom is 0.314 e. The second-order valence-electron chi connectivity index (χ2n) is 7.70. The molecule has 0 amide bonds. The number of esters is 2. The molecule has 0 aromatic carbocycles. The normalized spacial score (nSPS) is 34.1. The molecule has 5 nitrogen and oxygen atoms in total. The van der Waals surface area contributed by atoms with Gasteiger partial charge in [-0.1, -0.05) is 26.2 Å². The fourth-order valence-corrected chi connectivity index (χ4v) is 4.73. The third-order valence-electron chi connectivity index (χ3n) is 6.14. The average Bonchev–Trinajstić information content (AvgIpc) is 2.83. The molecule has 24 heavy (non-hydrogen) atoms. The van der Waals surface area contributed by atoms with E-state index in [1.54, 1.807) is 0 Å². The fraction of sp³-hybridized carbons (Fsp3) is 0.895. The van der Waals surface area contributed by atoms with Gasteiger partial charge in [-0.25, -0.2) is 0 Å². The first-order valence-corrected chi connectivity index (χ1v) is 9.71. The first-order chi connectivity index (χ1) is 11.6. The summed E-state index contributed by atoms with van der Waals surface area (Å²) in [6.07, 6.45) is 8.64. The zero-order chi connectivity index (χ0) is 17.1. The van der Waals surface area contributed by atoms with E-state index in [0.29, 0.717) is 12.6 Å². The molecule has 5 heteroatoms. The van der Waals surface area contributed by atoms with Crippen LogP contribution < -0.4 is 0 Å². The van der Waals surface area contributed by atoms with Gasteiger partial charge in [-0.2, -0.15) is 0 Å². The van der Waals surface area contributed by atoms with Crippen molar-refractivity contribution < 1.29 is 19.1 Å². The molecular formula is C19H31NO4. The van der Waals surface area contributed by atoms with Crippen LogP contribution in [-0.4, -0.2) is 48.7 Å². The standard InChI is InChI=1S/C19H31NO4/c1-3-11-23-19(22)17-15-10-9-14(20(15)2)12-16(17)24-18(21)13-7-5-4-6-8-13/h13-17H,3-12H2,1-2H3/t14-,15?,16+,17?/m1/s1. The summed E-state index contributed by atoms with van der Waals surface area (Å²) in [5.41, 5.74) is 0. The Bertz CT molecular complexity index is 460. The highest BCUT2D eigenvalue weighted by Crippen LogP contribution is 2.40. The molecule has 2 unspecified atom stereocenters. The minimum absolute atomic E-state index is 0.0309. The van der Waals surface area contributed by atoms with Crippen molar-refractivity contribution in [3.8, 4) is 0 Å². The van der Waals surface area contributed by atoms with E-state index in [9.17, 15) is 9.59 Å². The number of hydrogen-bond donors (Lipinski definition) is 0. The number of carbonyl (C=O) groups excluding carboxylic acids is 2. The number of carbonyl (C=O) groups is 2. The van der Waals surface area contributed by atoms with Crippen LogP contribution in [0.5, 0.6) is 0 Å². The van der Waals surface area contributed by atoms with Crippen molar-refractivity contribution in [3.63, 3.8) is 0 Å². The summed E-state index contributed by atoms with van der Waals surface area (Å²) in [7, 11) is 2.08. The van der Waals surface area contributed by atoms with Crippen molar-refractivity contribution in [2.75, 3.05) is 13.7 Å². The molecule has 0 N–H and O–H groups in total. The Morgan fingerprint density at radius 1 is 1.04 bits per heavy atom. The Labute approximate surface area is 145 Å². The van der Waals surface area contributed by atoms with E-state index in [4.69, 9.17) is 9.47 Å². The molecule has 2 aliphatic heterocycles. The molecule has 1 saturated carbocycles. The third kappa shape index (κ3) is 3.61. The Hall–Kier alpha value is -1.10. The molecule has 136 valence electrons. The Kier molecular flexibility index (Phi) is 5.80. The lowest BCUT2D eigenvalue weighted by molar-refractivity contribution is -0.173. The summed E-state index contributed by atoms with van der Waals surface area (Å²) in [5.74, 6) is -0.566. The predicted octanol–water partition coefficient (Wildman–Crippen LogP) is 2.91. The van der Waals surface area contributed by atoms with Gasteiger partial charge in [0.05, 0.1) is 12.5 Å². The minimum Gasteiger partial charge on any atom is -0.465 e. The van der Waals surface area contributed by atoms with Gasteiger partial charge in [0.2, 0.25) is 0 Å². The lowest BCUT2D eigenvalue weighted by atomic mass is 9.86. The number of fused-ring (bicyclic) bond motifs is 2. The molecular weight excluding hydrogens is 306 g/mol. The molecule has 2 heterocycles. The van der Waals surface area contributed by atoms with Gasteiger partial charge in [-0.05, 0) is 39.2 Å². The molecule has 4 atom stereocenters. The van der Waals surface area contributed by atoms with Gasteiger partial charge < -0.3 is 9.47 Å². The number of piperidine rings is 1. The fourth-order valence-electron chi connectivity index (χ4n) is 4.73. The topological polar surface area (TPSA) is 55.8 Å². The van der Waals surface area contributed by atoms with Crippen LogP contribution in [0.1, 0.15) is 64.7 Å². The summed E-state index contributed by atoms with van der Waals surface area (Å²) < 4.78 is 11.3. The van der Waals surface area contributed by atoms with Gasteiger partial charge in [0, 0.05) is 18.5 Å². The van der Waals surface area contributed by atoms with E-state index >= 15 is 0 Å². The van der Waals surface area contributed by atoms with E-state index in [1.165, 1.54) is 6.42 Å².